The van der Waals surface area contributed by atoms with Gasteiger partial charge in [0, 0.05) is 48.3 Å². The number of benzene rings is 1. The standard InChI is InChI=1S/C37H42BrN7O4/c1-21-11-12-30(38)41-35(21)42-36(48)29-16-37-20-49-13-9-7-5-6-8-10-25-14-26(27-17-39-24(4)40-18-27)15-28-32(23(3)46)43-44(33(25)28)19-31(47)45(29)34(37)22(37)2/h11-12,14-15,17-18,22,29,34H,5-10,13,16,19-20H2,1-4H3,(H,41,42,48)/t22-,29-,34?,37+/m0/s1. The van der Waals surface area contributed by atoms with Crippen LogP contribution in [0.15, 0.2) is 41.3 Å². The third-order valence-electron chi connectivity index (χ3n) is 10.7. The van der Waals surface area contributed by atoms with E-state index in [2.05, 4.69) is 49.2 Å². The van der Waals surface area contributed by atoms with E-state index in [1.807, 2.05) is 32.0 Å². The molecule has 1 aromatic carbocycles. The smallest absolute Gasteiger partial charge is 0.248 e. The molecule has 1 unspecified atom stereocenters. The Bertz CT molecular complexity index is 1940. The van der Waals surface area contributed by atoms with Crippen LogP contribution < -0.4 is 5.32 Å². The van der Waals surface area contributed by atoms with Crippen LogP contribution in [0.1, 0.15) is 79.8 Å². The zero-order valence-electron chi connectivity index (χ0n) is 28.5. The van der Waals surface area contributed by atoms with Crippen molar-refractivity contribution < 1.29 is 19.1 Å². The van der Waals surface area contributed by atoms with Gasteiger partial charge in [-0.25, -0.2) is 15.0 Å². The second-order valence-electron chi connectivity index (χ2n) is 14.0. The minimum atomic E-state index is -0.696. The molecule has 1 saturated carbocycles. The van der Waals surface area contributed by atoms with E-state index >= 15 is 0 Å². The molecule has 3 aromatic heterocycles. The van der Waals surface area contributed by atoms with Crippen LogP contribution in [0.5, 0.6) is 0 Å². The summed E-state index contributed by atoms with van der Waals surface area (Å²) >= 11 is 3.41. The number of hydrogen-bond donors (Lipinski definition) is 1. The van der Waals surface area contributed by atoms with Gasteiger partial charge < -0.3 is 15.0 Å². The Morgan fingerprint density at radius 3 is 2.57 bits per heavy atom. The Labute approximate surface area is 294 Å². The van der Waals surface area contributed by atoms with Crippen LogP contribution >= 0.6 is 15.9 Å². The number of nitrogens with zero attached hydrogens (tertiary/aromatic N) is 6. The van der Waals surface area contributed by atoms with E-state index in [0.717, 1.165) is 66.3 Å². The van der Waals surface area contributed by atoms with Gasteiger partial charge in [0.25, 0.3) is 0 Å². The number of aromatic nitrogens is 5. The van der Waals surface area contributed by atoms with Crippen LogP contribution in [0.3, 0.4) is 0 Å². The molecule has 1 saturated heterocycles. The molecular weight excluding hydrogens is 686 g/mol. The van der Waals surface area contributed by atoms with Gasteiger partial charge in [0.2, 0.25) is 11.8 Å². The second kappa shape index (κ2) is 13.4. The van der Waals surface area contributed by atoms with Crippen molar-refractivity contribution in [2.24, 2.45) is 11.3 Å². The number of ether oxygens (including phenoxy) is 1. The molecule has 1 N–H and O–H groups in total. The SMILES string of the molecule is CC(=O)c1nn2c3c(cc(-c4cnc(C)nc4)cc13)CCCCCCCOC[C@@]13C[C@@H](C(=O)Nc4nc(Br)ccc4C)N(C(=O)C2)C1[C@@H]3C. The average molecular weight is 729 g/mol. The lowest BCUT2D eigenvalue weighted by atomic mass is 9.96. The first kappa shape index (κ1) is 33.5. The Balaban J connectivity index is 1.29. The fraction of sp³-hybridized carbons (Fsp3) is 0.486. The molecule has 4 aromatic rings. The van der Waals surface area contributed by atoms with Crippen molar-refractivity contribution >= 4 is 50.2 Å². The normalized spacial score (nSPS) is 24.4. The lowest BCUT2D eigenvalue weighted by Crippen LogP contribution is -2.47. The van der Waals surface area contributed by atoms with Gasteiger partial charge in [-0.2, -0.15) is 5.10 Å². The number of anilines is 1. The number of pyridine rings is 1. The highest BCUT2D eigenvalue weighted by atomic mass is 79.9. The van der Waals surface area contributed by atoms with E-state index < -0.39 is 6.04 Å². The van der Waals surface area contributed by atoms with Gasteiger partial charge in [0.15, 0.2) is 5.78 Å². The molecule has 1 aliphatic carbocycles. The molecular formula is C37H42BrN7O4. The fourth-order valence-corrected chi connectivity index (χ4v) is 8.31. The van der Waals surface area contributed by atoms with Gasteiger partial charge in [0.1, 0.15) is 34.5 Å². The highest BCUT2D eigenvalue weighted by Crippen LogP contribution is 2.64. The maximum absolute atomic E-state index is 14.6. The van der Waals surface area contributed by atoms with Gasteiger partial charge in [-0.3, -0.25) is 19.1 Å². The van der Waals surface area contributed by atoms with Crippen LogP contribution in [0, 0.1) is 25.2 Å². The number of carbonyl (C=O) groups excluding carboxylic acids is 3. The van der Waals surface area contributed by atoms with Crippen LogP contribution in [0.4, 0.5) is 5.82 Å². The van der Waals surface area contributed by atoms with E-state index in [1.165, 1.54) is 6.92 Å². The van der Waals surface area contributed by atoms with E-state index in [4.69, 9.17) is 9.84 Å². The highest BCUT2D eigenvalue weighted by Gasteiger charge is 2.72. The van der Waals surface area contributed by atoms with Crippen LogP contribution in [0.2, 0.25) is 0 Å². The molecule has 7 rings (SSSR count). The van der Waals surface area contributed by atoms with E-state index in [1.54, 1.807) is 22.0 Å². The first-order valence-electron chi connectivity index (χ1n) is 17.2. The van der Waals surface area contributed by atoms with Crippen molar-refractivity contribution in [2.75, 3.05) is 18.5 Å². The number of amides is 2. The molecule has 5 heterocycles. The quantitative estimate of drug-likeness (QED) is 0.193. The maximum atomic E-state index is 14.6. The maximum Gasteiger partial charge on any atom is 0.248 e. The van der Waals surface area contributed by atoms with Crippen molar-refractivity contribution in [1.29, 1.82) is 0 Å². The number of nitrogens with one attached hydrogen (secondary N) is 1. The van der Waals surface area contributed by atoms with Crippen molar-refractivity contribution in [1.82, 2.24) is 29.6 Å². The number of aryl methyl sites for hydroxylation is 3. The third kappa shape index (κ3) is 6.29. The molecule has 12 heteroatoms. The van der Waals surface area contributed by atoms with Crippen LogP contribution in [-0.2, 0) is 27.3 Å². The summed E-state index contributed by atoms with van der Waals surface area (Å²) < 4.78 is 8.56. The monoisotopic (exact) mass is 727 g/mol. The summed E-state index contributed by atoms with van der Waals surface area (Å²) in [5.41, 5.74) is 4.42. The zero-order valence-corrected chi connectivity index (χ0v) is 30.0. The van der Waals surface area contributed by atoms with E-state index in [-0.39, 0.29) is 41.5 Å². The van der Waals surface area contributed by atoms with Crippen molar-refractivity contribution in [2.45, 2.75) is 91.3 Å². The first-order chi connectivity index (χ1) is 23.6. The lowest BCUT2D eigenvalue weighted by Gasteiger charge is -2.28. The predicted molar refractivity (Wildman–Crippen MR) is 189 cm³/mol. The molecule has 4 atom stereocenters. The predicted octanol–water partition coefficient (Wildman–Crippen LogP) is 6.24. The van der Waals surface area contributed by atoms with Gasteiger partial charge in [-0.05, 0) is 96.3 Å². The first-order valence-corrected chi connectivity index (χ1v) is 18.0. The van der Waals surface area contributed by atoms with Crippen LogP contribution in [0.25, 0.3) is 22.0 Å². The van der Waals surface area contributed by atoms with Gasteiger partial charge in [0.05, 0.1) is 12.1 Å². The average Bonchev–Trinajstić information content (AvgIpc) is 3.34. The molecule has 2 bridgehead atoms. The van der Waals surface area contributed by atoms with Crippen molar-refractivity contribution in [3.63, 3.8) is 0 Å². The minimum absolute atomic E-state index is 0.0954. The number of rotatable bonds is 4. The van der Waals surface area contributed by atoms with Gasteiger partial charge in [-0.1, -0.05) is 32.3 Å². The topological polar surface area (TPSA) is 132 Å². The van der Waals surface area contributed by atoms with Crippen molar-refractivity contribution in [3.05, 3.63) is 63.9 Å². The molecule has 0 spiro atoms. The number of hydrogen-bond acceptors (Lipinski definition) is 8. The molecule has 256 valence electrons. The fourth-order valence-electron chi connectivity index (χ4n) is 8.00. The number of carbonyl (C=O) groups is 3. The summed E-state index contributed by atoms with van der Waals surface area (Å²) in [7, 11) is 0. The van der Waals surface area contributed by atoms with Gasteiger partial charge >= 0.3 is 0 Å². The summed E-state index contributed by atoms with van der Waals surface area (Å²) in [6, 6.07) is 6.97. The number of piperidine rings is 1. The number of ketones is 1. The molecule has 3 aliphatic rings. The molecule has 49 heavy (non-hydrogen) atoms. The Hall–Kier alpha value is -4.03. The van der Waals surface area contributed by atoms with E-state index in [0.29, 0.717) is 47.0 Å². The third-order valence-corrected chi connectivity index (χ3v) is 11.2. The zero-order chi connectivity index (χ0) is 34.4. The molecule has 2 aliphatic heterocycles. The summed E-state index contributed by atoms with van der Waals surface area (Å²) in [5.74, 6) is 0.674. The minimum Gasteiger partial charge on any atom is -0.381 e. The summed E-state index contributed by atoms with van der Waals surface area (Å²) in [6.45, 7) is 8.47. The molecule has 11 nitrogen and oxygen atoms in total. The second-order valence-corrected chi connectivity index (χ2v) is 14.8. The Kier molecular flexibility index (Phi) is 9.12. The summed E-state index contributed by atoms with van der Waals surface area (Å²) in [5, 5.41) is 8.50. The van der Waals surface area contributed by atoms with Crippen LogP contribution in [-0.4, -0.2) is 72.5 Å². The highest BCUT2D eigenvalue weighted by molar-refractivity contribution is 9.10. The van der Waals surface area contributed by atoms with Gasteiger partial charge in [-0.15, -0.1) is 0 Å². The summed E-state index contributed by atoms with van der Waals surface area (Å²) in [6.07, 6.45) is 10.0. The Morgan fingerprint density at radius 2 is 1.80 bits per heavy atom. The number of halogens is 1. The lowest BCUT2D eigenvalue weighted by molar-refractivity contribution is -0.138. The molecule has 2 fully saturated rings. The molecule has 2 amide bonds. The summed E-state index contributed by atoms with van der Waals surface area (Å²) in [4.78, 5) is 56.6. The van der Waals surface area contributed by atoms with E-state index in [9.17, 15) is 14.4 Å². The van der Waals surface area contributed by atoms with Crippen molar-refractivity contribution in [3.8, 4) is 11.1 Å². The molecule has 0 radical (unpaired) electrons. The Morgan fingerprint density at radius 1 is 1.04 bits per heavy atom. The largest absolute Gasteiger partial charge is 0.381 e. The number of Topliss-reactive ketones (excluding diaryl/α,β-unsaturated/α-hetero) is 1.